The van der Waals surface area contributed by atoms with Crippen molar-refractivity contribution in [1.29, 1.82) is 0 Å². The zero-order valence-corrected chi connectivity index (χ0v) is 10.1. The number of rotatable bonds is 6. The first-order valence-corrected chi connectivity index (χ1v) is 8.00. The quantitative estimate of drug-likeness (QED) is 0.676. The van der Waals surface area contributed by atoms with Gasteiger partial charge in [-0.05, 0) is 6.42 Å². The van der Waals surface area contributed by atoms with Crippen molar-refractivity contribution in [3.05, 3.63) is 0 Å². The summed E-state index contributed by atoms with van der Waals surface area (Å²) >= 11 is 0. The summed E-state index contributed by atoms with van der Waals surface area (Å²) in [5.74, 6) is -2.62. The van der Waals surface area contributed by atoms with Crippen LogP contribution in [0.4, 0.5) is 0 Å². The van der Waals surface area contributed by atoms with Crippen molar-refractivity contribution in [3.8, 4) is 0 Å². The first-order valence-electron chi connectivity index (χ1n) is 4.22. The molecule has 0 saturated heterocycles. The number of hydrogen-bond acceptors (Lipinski definition) is 5. The lowest BCUT2D eigenvalue weighted by Crippen LogP contribution is -2.33. The third-order valence-electron chi connectivity index (χ3n) is 1.82. The van der Waals surface area contributed by atoms with E-state index in [9.17, 15) is 21.6 Å². The number of carboxylic acids is 1. The SMILES string of the molecule is CCC(C(=O)O)S(=O)(=O)CCS(C)(=O)=O. The van der Waals surface area contributed by atoms with Crippen LogP contribution in [0.15, 0.2) is 0 Å². The Hall–Kier alpha value is -0.630. The lowest BCUT2D eigenvalue weighted by molar-refractivity contribution is -0.136. The highest BCUT2D eigenvalue weighted by atomic mass is 32.2. The van der Waals surface area contributed by atoms with Crippen LogP contribution in [-0.2, 0) is 24.5 Å². The Balaban J connectivity index is 4.76. The molecule has 0 aromatic heterocycles. The monoisotopic (exact) mass is 258 g/mol. The number of carboxylic acid groups (broad SMARTS) is 1. The van der Waals surface area contributed by atoms with Gasteiger partial charge < -0.3 is 5.11 Å². The summed E-state index contributed by atoms with van der Waals surface area (Å²) < 4.78 is 44.3. The van der Waals surface area contributed by atoms with Crippen LogP contribution < -0.4 is 0 Å². The van der Waals surface area contributed by atoms with Crippen LogP contribution in [0.25, 0.3) is 0 Å². The molecular formula is C7H14O6S2. The standard InChI is InChI=1S/C7H14O6S2/c1-3-6(7(8)9)15(12,13)5-4-14(2,10)11/h6H,3-5H2,1-2H3,(H,8,9). The fourth-order valence-corrected chi connectivity index (χ4v) is 4.23. The summed E-state index contributed by atoms with van der Waals surface area (Å²) in [6.45, 7) is 1.43. The van der Waals surface area contributed by atoms with Gasteiger partial charge in [-0.1, -0.05) is 6.92 Å². The van der Waals surface area contributed by atoms with E-state index in [0.29, 0.717) is 0 Å². The maximum absolute atomic E-state index is 11.4. The van der Waals surface area contributed by atoms with Gasteiger partial charge in [-0.15, -0.1) is 0 Å². The van der Waals surface area contributed by atoms with E-state index in [-0.39, 0.29) is 6.42 Å². The number of aliphatic carboxylic acids is 1. The average Bonchev–Trinajstić information content (AvgIpc) is 1.99. The zero-order valence-electron chi connectivity index (χ0n) is 8.50. The third-order valence-corrected chi connectivity index (χ3v) is 5.20. The minimum absolute atomic E-state index is 0.0680. The Morgan fingerprint density at radius 1 is 1.20 bits per heavy atom. The maximum Gasteiger partial charge on any atom is 0.321 e. The van der Waals surface area contributed by atoms with Gasteiger partial charge in [0.1, 0.15) is 9.84 Å². The summed E-state index contributed by atoms with van der Waals surface area (Å²) in [6, 6.07) is 0. The molecule has 0 radical (unpaired) electrons. The van der Waals surface area contributed by atoms with Crippen LogP contribution in [0.5, 0.6) is 0 Å². The van der Waals surface area contributed by atoms with Gasteiger partial charge in [0.2, 0.25) is 0 Å². The van der Waals surface area contributed by atoms with Gasteiger partial charge in [0.05, 0.1) is 11.5 Å². The van der Waals surface area contributed by atoms with Crippen molar-refractivity contribution in [2.75, 3.05) is 17.8 Å². The summed E-state index contributed by atoms with van der Waals surface area (Å²) in [4.78, 5) is 10.6. The van der Waals surface area contributed by atoms with E-state index in [4.69, 9.17) is 5.11 Å². The van der Waals surface area contributed by atoms with E-state index >= 15 is 0 Å². The molecule has 0 aliphatic heterocycles. The molecule has 1 N–H and O–H groups in total. The van der Waals surface area contributed by atoms with Gasteiger partial charge in [0, 0.05) is 6.26 Å². The van der Waals surface area contributed by atoms with Crippen molar-refractivity contribution in [2.24, 2.45) is 0 Å². The molecular weight excluding hydrogens is 244 g/mol. The third kappa shape index (κ3) is 5.12. The predicted molar refractivity (Wildman–Crippen MR) is 55.2 cm³/mol. The lowest BCUT2D eigenvalue weighted by atomic mass is 10.3. The Morgan fingerprint density at radius 2 is 1.67 bits per heavy atom. The van der Waals surface area contributed by atoms with Crippen molar-refractivity contribution in [2.45, 2.75) is 18.6 Å². The van der Waals surface area contributed by atoms with Crippen molar-refractivity contribution >= 4 is 25.6 Å². The van der Waals surface area contributed by atoms with Crippen molar-refractivity contribution < 1.29 is 26.7 Å². The molecule has 8 heteroatoms. The maximum atomic E-state index is 11.4. The van der Waals surface area contributed by atoms with Gasteiger partial charge in [0.15, 0.2) is 15.1 Å². The molecule has 0 aliphatic rings. The highest BCUT2D eigenvalue weighted by Crippen LogP contribution is 2.08. The molecule has 0 aliphatic carbocycles. The second-order valence-corrected chi connectivity index (χ2v) is 7.79. The molecule has 0 bridgehead atoms. The summed E-state index contributed by atoms with van der Waals surface area (Å²) in [7, 11) is -7.28. The van der Waals surface area contributed by atoms with E-state index in [2.05, 4.69) is 0 Å². The Labute approximate surface area is 89.1 Å². The minimum atomic E-state index is -3.88. The second kappa shape index (κ2) is 4.93. The fourth-order valence-electron chi connectivity index (χ4n) is 0.992. The number of sulfone groups is 2. The predicted octanol–water partition coefficient (Wildman–Crippen LogP) is -0.691. The van der Waals surface area contributed by atoms with E-state index in [1.54, 1.807) is 0 Å². The topological polar surface area (TPSA) is 106 Å². The second-order valence-electron chi connectivity index (χ2n) is 3.23. The van der Waals surface area contributed by atoms with Crippen LogP contribution in [0, 0.1) is 0 Å². The molecule has 0 amide bonds. The first-order chi connectivity index (χ1) is 6.60. The van der Waals surface area contributed by atoms with Crippen LogP contribution in [0.2, 0.25) is 0 Å². The van der Waals surface area contributed by atoms with Gasteiger partial charge in [0.25, 0.3) is 0 Å². The van der Waals surface area contributed by atoms with Gasteiger partial charge in [-0.2, -0.15) is 0 Å². The van der Waals surface area contributed by atoms with Crippen LogP contribution >= 0.6 is 0 Å². The minimum Gasteiger partial charge on any atom is -0.480 e. The summed E-state index contributed by atoms with van der Waals surface area (Å²) in [5, 5.41) is 7.10. The smallest absolute Gasteiger partial charge is 0.321 e. The van der Waals surface area contributed by atoms with E-state index in [1.165, 1.54) is 6.92 Å². The van der Waals surface area contributed by atoms with Gasteiger partial charge in [-0.3, -0.25) is 4.79 Å². The molecule has 0 aromatic rings. The van der Waals surface area contributed by atoms with Gasteiger partial charge in [-0.25, -0.2) is 16.8 Å². The first kappa shape index (κ1) is 14.4. The van der Waals surface area contributed by atoms with Crippen LogP contribution in [-0.4, -0.2) is 50.9 Å². The molecule has 1 unspecified atom stereocenters. The molecule has 0 saturated carbocycles. The fraction of sp³-hybridized carbons (Fsp3) is 0.857. The Kier molecular flexibility index (Phi) is 4.72. The molecule has 15 heavy (non-hydrogen) atoms. The summed E-state index contributed by atoms with van der Waals surface area (Å²) in [5.41, 5.74) is 0. The highest BCUT2D eigenvalue weighted by Gasteiger charge is 2.31. The van der Waals surface area contributed by atoms with E-state index < -0.39 is 42.4 Å². The Morgan fingerprint density at radius 3 is 1.93 bits per heavy atom. The zero-order chi connectivity index (χ0) is 12.3. The van der Waals surface area contributed by atoms with Crippen molar-refractivity contribution in [3.63, 3.8) is 0 Å². The van der Waals surface area contributed by atoms with Crippen LogP contribution in [0.3, 0.4) is 0 Å². The number of hydrogen-bond donors (Lipinski definition) is 1. The highest BCUT2D eigenvalue weighted by molar-refractivity contribution is 7.95. The molecule has 1 atom stereocenters. The molecule has 0 rings (SSSR count). The molecule has 0 aromatic carbocycles. The summed E-state index contributed by atoms with van der Waals surface area (Å²) in [6.07, 6.45) is 0.839. The molecule has 6 nitrogen and oxygen atoms in total. The molecule has 0 spiro atoms. The molecule has 90 valence electrons. The largest absolute Gasteiger partial charge is 0.480 e. The van der Waals surface area contributed by atoms with E-state index in [1.807, 2.05) is 0 Å². The van der Waals surface area contributed by atoms with Gasteiger partial charge >= 0.3 is 5.97 Å². The molecule has 0 fully saturated rings. The van der Waals surface area contributed by atoms with Crippen molar-refractivity contribution in [1.82, 2.24) is 0 Å². The van der Waals surface area contributed by atoms with Crippen LogP contribution in [0.1, 0.15) is 13.3 Å². The average molecular weight is 258 g/mol. The number of carbonyl (C=O) groups is 1. The normalized spacial score (nSPS) is 14.8. The Bertz CT molecular complexity index is 418. The van der Waals surface area contributed by atoms with E-state index in [0.717, 1.165) is 6.26 Å². The molecule has 0 heterocycles. The lowest BCUT2D eigenvalue weighted by Gasteiger charge is -2.10.